The zero-order chi connectivity index (χ0) is 18.6. The van der Waals surface area contributed by atoms with Crippen LogP contribution in [0.2, 0.25) is 0 Å². The molecule has 0 bridgehead atoms. The van der Waals surface area contributed by atoms with E-state index in [-0.39, 0.29) is 12.1 Å². The van der Waals surface area contributed by atoms with Crippen molar-refractivity contribution in [1.29, 1.82) is 0 Å². The SMILES string of the molecule is CN1C=NC(S(=O)(=O)N(CCOc2ccccc2)[C@H]2CC[C@@H](N)CC2)C1. The van der Waals surface area contributed by atoms with Gasteiger partial charge in [0.25, 0.3) is 0 Å². The summed E-state index contributed by atoms with van der Waals surface area (Å²) >= 11 is 0. The fourth-order valence-corrected chi connectivity index (χ4v) is 5.43. The molecule has 7 nitrogen and oxygen atoms in total. The van der Waals surface area contributed by atoms with Crippen molar-refractivity contribution in [1.82, 2.24) is 9.21 Å². The van der Waals surface area contributed by atoms with Gasteiger partial charge in [-0.25, -0.2) is 8.42 Å². The molecule has 2 N–H and O–H groups in total. The topological polar surface area (TPSA) is 88.2 Å². The molecule has 8 heteroatoms. The molecule has 1 heterocycles. The second-order valence-corrected chi connectivity index (χ2v) is 9.09. The molecule has 3 rings (SSSR count). The number of nitrogens with zero attached hydrogens (tertiary/aromatic N) is 3. The van der Waals surface area contributed by atoms with Crippen molar-refractivity contribution in [3.63, 3.8) is 0 Å². The first-order chi connectivity index (χ1) is 12.5. The Morgan fingerprint density at radius 2 is 1.92 bits per heavy atom. The largest absolute Gasteiger partial charge is 0.492 e. The molecule has 1 aliphatic carbocycles. The lowest BCUT2D eigenvalue weighted by Crippen LogP contribution is -2.49. The molecule has 1 atom stereocenters. The van der Waals surface area contributed by atoms with Crippen LogP contribution in [0.1, 0.15) is 25.7 Å². The number of benzene rings is 1. The Hall–Kier alpha value is -1.64. The Kier molecular flexibility index (Phi) is 6.16. The summed E-state index contributed by atoms with van der Waals surface area (Å²) in [6, 6.07) is 9.60. The number of ether oxygens (including phenoxy) is 1. The van der Waals surface area contributed by atoms with Crippen LogP contribution < -0.4 is 10.5 Å². The van der Waals surface area contributed by atoms with Crippen LogP contribution in [-0.4, -0.2) is 68.2 Å². The zero-order valence-corrected chi connectivity index (χ0v) is 16.0. The van der Waals surface area contributed by atoms with Crippen LogP contribution in [0.4, 0.5) is 0 Å². The smallest absolute Gasteiger partial charge is 0.239 e. The molecule has 144 valence electrons. The number of hydrogen-bond acceptors (Lipinski definition) is 6. The fourth-order valence-electron chi connectivity index (χ4n) is 3.53. The summed E-state index contributed by atoms with van der Waals surface area (Å²) in [7, 11) is -1.70. The molecule has 0 spiro atoms. The highest BCUT2D eigenvalue weighted by Gasteiger charge is 2.39. The van der Waals surface area contributed by atoms with Crippen molar-refractivity contribution in [3.8, 4) is 5.75 Å². The summed E-state index contributed by atoms with van der Waals surface area (Å²) in [4.78, 5) is 5.99. The minimum Gasteiger partial charge on any atom is -0.492 e. The van der Waals surface area contributed by atoms with Gasteiger partial charge < -0.3 is 15.4 Å². The molecular formula is C18H28N4O3S. The van der Waals surface area contributed by atoms with E-state index in [1.54, 1.807) is 15.5 Å². The van der Waals surface area contributed by atoms with Crippen molar-refractivity contribution in [2.75, 3.05) is 26.7 Å². The predicted octanol–water partition coefficient (Wildman–Crippen LogP) is 1.27. The third kappa shape index (κ3) is 4.55. The zero-order valence-electron chi connectivity index (χ0n) is 15.2. The van der Waals surface area contributed by atoms with Crippen LogP contribution in [-0.2, 0) is 10.0 Å². The van der Waals surface area contributed by atoms with Gasteiger partial charge in [-0.3, -0.25) is 4.99 Å². The summed E-state index contributed by atoms with van der Waals surface area (Å²) in [6.07, 6.45) is 4.88. The van der Waals surface area contributed by atoms with Gasteiger partial charge in [-0.1, -0.05) is 18.2 Å². The Morgan fingerprint density at radius 1 is 1.23 bits per heavy atom. The minimum absolute atomic E-state index is 0.0275. The van der Waals surface area contributed by atoms with Crippen molar-refractivity contribution >= 4 is 16.4 Å². The van der Waals surface area contributed by atoms with Crippen molar-refractivity contribution in [3.05, 3.63) is 30.3 Å². The first-order valence-corrected chi connectivity index (χ1v) is 10.6. The van der Waals surface area contributed by atoms with Gasteiger partial charge in [0.2, 0.25) is 10.0 Å². The van der Waals surface area contributed by atoms with E-state index in [0.717, 1.165) is 31.4 Å². The number of aliphatic imine (C=N–C) groups is 1. The quantitative estimate of drug-likeness (QED) is 0.769. The molecule has 1 aromatic rings. The van der Waals surface area contributed by atoms with Crippen molar-refractivity contribution in [2.45, 2.75) is 43.1 Å². The second kappa shape index (κ2) is 8.37. The van der Waals surface area contributed by atoms with Crippen molar-refractivity contribution < 1.29 is 13.2 Å². The van der Waals surface area contributed by atoms with Gasteiger partial charge >= 0.3 is 0 Å². The average molecular weight is 381 g/mol. The maximum atomic E-state index is 13.2. The first-order valence-electron chi connectivity index (χ1n) is 9.14. The maximum Gasteiger partial charge on any atom is 0.239 e. The van der Waals surface area contributed by atoms with E-state index in [1.165, 1.54) is 0 Å². The lowest BCUT2D eigenvalue weighted by atomic mass is 9.92. The molecule has 0 saturated heterocycles. The van der Waals surface area contributed by atoms with E-state index in [4.69, 9.17) is 10.5 Å². The van der Waals surface area contributed by atoms with Gasteiger partial charge in [-0.2, -0.15) is 4.31 Å². The molecule has 26 heavy (non-hydrogen) atoms. The van der Waals surface area contributed by atoms with Crippen LogP contribution in [0.15, 0.2) is 35.3 Å². The molecular weight excluding hydrogens is 352 g/mol. The van der Waals surface area contributed by atoms with E-state index in [1.807, 2.05) is 37.4 Å². The first kappa shape index (κ1) is 19.1. The van der Waals surface area contributed by atoms with Gasteiger partial charge in [0.15, 0.2) is 5.37 Å². The van der Waals surface area contributed by atoms with E-state index >= 15 is 0 Å². The highest BCUT2D eigenvalue weighted by atomic mass is 32.2. The third-order valence-corrected chi connectivity index (χ3v) is 7.11. The highest BCUT2D eigenvalue weighted by molar-refractivity contribution is 7.89. The van der Waals surface area contributed by atoms with Crippen LogP contribution in [0.25, 0.3) is 0 Å². The number of hydrogen-bond donors (Lipinski definition) is 1. The van der Waals surface area contributed by atoms with Gasteiger partial charge in [-0.05, 0) is 37.8 Å². The van der Waals surface area contributed by atoms with E-state index in [2.05, 4.69) is 4.99 Å². The minimum atomic E-state index is -3.53. The van der Waals surface area contributed by atoms with Gasteiger partial charge in [0.05, 0.1) is 12.9 Å². The Labute approximate surface area is 155 Å². The van der Waals surface area contributed by atoms with Gasteiger partial charge in [0.1, 0.15) is 12.4 Å². The van der Waals surface area contributed by atoms with E-state index in [9.17, 15) is 8.42 Å². The molecule has 0 aromatic heterocycles. The molecule has 1 fully saturated rings. The lowest BCUT2D eigenvalue weighted by Gasteiger charge is -2.36. The molecule has 0 radical (unpaired) electrons. The number of rotatable bonds is 7. The van der Waals surface area contributed by atoms with Crippen LogP contribution in [0.5, 0.6) is 5.75 Å². The van der Waals surface area contributed by atoms with E-state index in [0.29, 0.717) is 19.7 Å². The predicted molar refractivity (Wildman–Crippen MR) is 103 cm³/mol. The molecule has 1 unspecified atom stereocenters. The number of nitrogens with two attached hydrogens (primary N) is 1. The van der Waals surface area contributed by atoms with E-state index < -0.39 is 15.4 Å². The number of likely N-dealkylation sites (N-methyl/N-ethyl adjacent to an activating group) is 1. The van der Waals surface area contributed by atoms with Gasteiger partial charge in [-0.15, -0.1) is 0 Å². The molecule has 1 aromatic carbocycles. The Morgan fingerprint density at radius 3 is 2.54 bits per heavy atom. The molecule has 1 saturated carbocycles. The summed E-state index contributed by atoms with van der Waals surface area (Å²) in [6.45, 7) is 1.04. The van der Waals surface area contributed by atoms with Crippen molar-refractivity contribution in [2.24, 2.45) is 10.7 Å². The Bertz CT molecular complexity index is 702. The fraction of sp³-hybridized carbons (Fsp3) is 0.611. The molecule has 1 aliphatic heterocycles. The third-order valence-electron chi connectivity index (χ3n) is 5.02. The summed E-state index contributed by atoms with van der Waals surface area (Å²) in [5, 5.41) is -0.736. The molecule has 0 amide bonds. The summed E-state index contributed by atoms with van der Waals surface area (Å²) in [5.41, 5.74) is 6.00. The highest BCUT2D eigenvalue weighted by Crippen LogP contribution is 2.27. The lowest BCUT2D eigenvalue weighted by molar-refractivity contribution is 0.201. The average Bonchev–Trinajstić information content (AvgIpc) is 3.08. The molecule has 2 aliphatic rings. The standard InChI is InChI=1S/C18H28N4O3S/c1-21-13-18(20-14-21)26(23,24)22(16-9-7-15(19)8-10-16)11-12-25-17-5-3-2-4-6-17/h2-6,14-16,18H,7-13,19H2,1H3/t15-,16+,18?. The summed E-state index contributed by atoms with van der Waals surface area (Å²) < 4.78 is 33.8. The number of para-hydroxylation sites is 1. The normalized spacial score (nSPS) is 26.4. The van der Waals surface area contributed by atoms with Crippen LogP contribution >= 0.6 is 0 Å². The summed E-state index contributed by atoms with van der Waals surface area (Å²) in [5.74, 6) is 0.745. The number of sulfonamides is 1. The Balaban J connectivity index is 1.70. The monoisotopic (exact) mass is 380 g/mol. The van der Waals surface area contributed by atoms with Gasteiger partial charge in [0, 0.05) is 25.7 Å². The maximum absolute atomic E-state index is 13.2. The second-order valence-electron chi connectivity index (χ2n) is 7.04. The van der Waals surface area contributed by atoms with Crippen LogP contribution in [0.3, 0.4) is 0 Å². The van der Waals surface area contributed by atoms with Crippen LogP contribution in [0, 0.1) is 0 Å².